The highest BCUT2D eigenvalue weighted by Crippen LogP contribution is 2.30. The fourth-order valence-corrected chi connectivity index (χ4v) is 2.63. The van der Waals surface area contributed by atoms with Gasteiger partial charge in [-0.2, -0.15) is 0 Å². The number of methoxy groups -OCH3 is 1. The number of aromatic nitrogens is 2. The lowest BCUT2D eigenvalue weighted by Crippen LogP contribution is -1.86. The number of thiazole rings is 1. The highest BCUT2D eigenvalue weighted by Gasteiger charge is 2.07. The van der Waals surface area contributed by atoms with Crippen molar-refractivity contribution in [2.24, 2.45) is 0 Å². The minimum absolute atomic E-state index is 0.245. The molecule has 0 fully saturated rings. The highest BCUT2D eigenvalue weighted by atomic mass is 32.1. The van der Waals surface area contributed by atoms with Gasteiger partial charge in [0.1, 0.15) is 10.8 Å². The van der Waals surface area contributed by atoms with Crippen LogP contribution in [0.5, 0.6) is 5.88 Å². The third-order valence-corrected chi connectivity index (χ3v) is 3.61. The van der Waals surface area contributed by atoms with Crippen LogP contribution in [0.1, 0.15) is 0 Å². The third kappa shape index (κ3) is 1.93. The quantitative estimate of drug-likeness (QED) is 0.707. The van der Waals surface area contributed by atoms with Gasteiger partial charge >= 0.3 is 0 Å². The van der Waals surface area contributed by atoms with E-state index in [1.165, 1.54) is 23.5 Å². The van der Waals surface area contributed by atoms with Gasteiger partial charge in [-0.25, -0.2) is 14.4 Å². The molecule has 2 aromatic heterocycles. The van der Waals surface area contributed by atoms with E-state index in [0.29, 0.717) is 5.88 Å². The molecule has 0 aliphatic heterocycles. The Hall–Kier alpha value is -2.01. The first-order valence-corrected chi connectivity index (χ1v) is 6.14. The van der Waals surface area contributed by atoms with Crippen molar-refractivity contribution < 1.29 is 9.13 Å². The first-order chi connectivity index (χ1) is 8.76. The van der Waals surface area contributed by atoms with E-state index in [1.54, 1.807) is 25.4 Å². The molecule has 3 nitrogen and oxygen atoms in total. The Morgan fingerprint density at radius 1 is 1.22 bits per heavy atom. The predicted octanol–water partition coefficient (Wildman–Crippen LogP) is 3.51. The number of hydrogen-bond acceptors (Lipinski definition) is 4. The van der Waals surface area contributed by atoms with Crippen molar-refractivity contribution in [3.05, 3.63) is 42.3 Å². The molecular formula is C13H9FN2OS. The lowest BCUT2D eigenvalue weighted by Gasteiger charge is -1.98. The Balaban J connectivity index is 2.07. The van der Waals surface area contributed by atoms with Crippen LogP contribution in [0.3, 0.4) is 0 Å². The van der Waals surface area contributed by atoms with Crippen molar-refractivity contribution in [1.29, 1.82) is 0 Å². The first-order valence-electron chi connectivity index (χ1n) is 5.33. The van der Waals surface area contributed by atoms with Crippen LogP contribution in [-0.2, 0) is 0 Å². The van der Waals surface area contributed by atoms with E-state index in [0.717, 1.165) is 20.8 Å². The number of nitrogens with zero attached hydrogens (tertiary/aromatic N) is 2. The third-order valence-electron chi connectivity index (χ3n) is 2.54. The lowest BCUT2D eigenvalue weighted by atomic mass is 10.3. The standard InChI is InChI=1S/C13H9FN2OS/c1-17-12-5-2-8(7-15-12)13-16-10-4-3-9(14)6-11(10)18-13/h2-7H,1H3. The maximum atomic E-state index is 13.1. The highest BCUT2D eigenvalue weighted by molar-refractivity contribution is 7.21. The number of fused-ring (bicyclic) bond motifs is 1. The summed E-state index contributed by atoms with van der Waals surface area (Å²) in [7, 11) is 1.57. The van der Waals surface area contributed by atoms with Gasteiger partial charge in [0.25, 0.3) is 0 Å². The normalized spacial score (nSPS) is 10.8. The first kappa shape index (κ1) is 11.1. The topological polar surface area (TPSA) is 35.0 Å². The molecule has 2 heterocycles. The molecule has 1 aromatic carbocycles. The molecule has 0 amide bonds. The van der Waals surface area contributed by atoms with Crippen molar-refractivity contribution in [2.45, 2.75) is 0 Å². The zero-order valence-electron chi connectivity index (χ0n) is 9.55. The molecule has 18 heavy (non-hydrogen) atoms. The predicted molar refractivity (Wildman–Crippen MR) is 69.4 cm³/mol. The van der Waals surface area contributed by atoms with E-state index in [9.17, 15) is 4.39 Å². The summed E-state index contributed by atoms with van der Waals surface area (Å²) in [5.41, 5.74) is 1.70. The molecule has 0 aliphatic carbocycles. The van der Waals surface area contributed by atoms with Crippen LogP contribution < -0.4 is 4.74 Å². The van der Waals surface area contributed by atoms with Crippen LogP contribution in [0.25, 0.3) is 20.8 Å². The fourth-order valence-electron chi connectivity index (χ4n) is 1.65. The van der Waals surface area contributed by atoms with Gasteiger partial charge in [-0.1, -0.05) is 0 Å². The zero-order valence-corrected chi connectivity index (χ0v) is 10.4. The largest absolute Gasteiger partial charge is 0.481 e. The molecule has 0 spiro atoms. The maximum absolute atomic E-state index is 13.1. The van der Waals surface area contributed by atoms with Crippen LogP contribution in [-0.4, -0.2) is 17.1 Å². The lowest BCUT2D eigenvalue weighted by molar-refractivity contribution is 0.398. The van der Waals surface area contributed by atoms with Crippen molar-refractivity contribution in [2.75, 3.05) is 7.11 Å². The van der Waals surface area contributed by atoms with E-state index in [2.05, 4.69) is 9.97 Å². The number of pyridine rings is 1. The SMILES string of the molecule is COc1ccc(-c2nc3ccc(F)cc3s2)cn1. The Labute approximate surface area is 107 Å². The maximum Gasteiger partial charge on any atom is 0.212 e. The van der Waals surface area contributed by atoms with Crippen molar-refractivity contribution >= 4 is 21.6 Å². The van der Waals surface area contributed by atoms with Crippen molar-refractivity contribution in [1.82, 2.24) is 9.97 Å². The van der Waals surface area contributed by atoms with E-state index in [-0.39, 0.29) is 5.82 Å². The van der Waals surface area contributed by atoms with Gasteiger partial charge < -0.3 is 4.74 Å². The molecule has 0 unspecified atom stereocenters. The molecule has 0 atom stereocenters. The molecule has 0 aliphatic rings. The van der Waals surface area contributed by atoms with E-state index < -0.39 is 0 Å². The van der Waals surface area contributed by atoms with E-state index >= 15 is 0 Å². The van der Waals surface area contributed by atoms with Gasteiger partial charge in [0, 0.05) is 17.8 Å². The average molecular weight is 260 g/mol. The van der Waals surface area contributed by atoms with E-state index in [4.69, 9.17) is 4.74 Å². The molecule has 5 heteroatoms. The summed E-state index contributed by atoms with van der Waals surface area (Å²) >= 11 is 1.45. The minimum Gasteiger partial charge on any atom is -0.481 e. The van der Waals surface area contributed by atoms with Crippen LogP contribution in [0.2, 0.25) is 0 Å². The van der Waals surface area contributed by atoms with Gasteiger partial charge in [-0.15, -0.1) is 11.3 Å². The van der Waals surface area contributed by atoms with Crippen molar-refractivity contribution in [3.63, 3.8) is 0 Å². The minimum atomic E-state index is -0.245. The summed E-state index contributed by atoms with van der Waals surface area (Å²) in [5.74, 6) is 0.316. The molecule has 0 N–H and O–H groups in total. The second-order valence-corrected chi connectivity index (χ2v) is 4.75. The average Bonchev–Trinajstić information content (AvgIpc) is 2.81. The Morgan fingerprint density at radius 2 is 2.11 bits per heavy atom. The fraction of sp³-hybridized carbons (Fsp3) is 0.0769. The number of ether oxygens (including phenoxy) is 1. The van der Waals surface area contributed by atoms with Crippen molar-refractivity contribution in [3.8, 4) is 16.5 Å². The summed E-state index contributed by atoms with van der Waals surface area (Å²) in [6.45, 7) is 0. The van der Waals surface area contributed by atoms with Gasteiger partial charge in [0.15, 0.2) is 0 Å². The summed E-state index contributed by atoms with van der Waals surface area (Å²) < 4.78 is 18.9. The van der Waals surface area contributed by atoms with Crippen LogP contribution in [0, 0.1) is 5.82 Å². The molecule has 90 valence electrons. The molecule has 0 radical (unpaired) electrons. The van der Waals surface area contributed by atoms with Crippen LogP contribution >= 0.6 is 11.3 Å². The van der Waals surface area contributed by atoms with Crippen LogP contribution in [0.15, 0.2) is 36.5 Å². The Bertz CT molecular complexity index is 694. The molecule has 3 aromatic rings. The molecule has 0 bridgehead atoms. The molecular weight excluding hydrogens is 251 g/mol. The second kappa shape index (κ2) is 4.34. The Kier molecular flexibility index (Phi) is 2.68. The number of benzene rings is 1. The summed E-state index contributed by atoms with van der Waals surface area (Å²) in [6.07, 6.45) is 1.70. The number of hydrogen-bond donors (Lipinski definition) is 0. The summed E-state index contributed by atoms with van der Waals surface area (Å²) in [6, 6.07) is 8.26. The zero-order chi connectivity index (χ0) is 12.5. The molecule has 3 rings (SSSR count). The molecule has 0 saturated heterocycles. The second-order valence-electron chi connectivity index (χ2n) is 3.72. The number of rotatable bonds is 2. The summed E-state index contributed by atoms with van der Waals surface area (Å²) in [4.78, 5) is 8.58. The number of halogens is 1. The van der Waals surface area contributed by atoms with Gasteiger partial charge in [0.2, 0.25) is 5.88 Å². The molecule has 0 saturated carbocycles. The van der Waals surface area contributed by atoms with Gasteiger partial charge in [0.05, 0.1) is 17.3 Å². The van der Waals surface area contributed by atoms with E-state index in [1.807, 2.05) is 6.07 Å². The monoisotopic (exact) mass is 260 g/mol. The smallest absolute Gasteiger partial charge is 0.212 e. The Morgan fingerprint density at radius 3 is 2.83 bits per heavy atom. The van der Waals surface area contributed by atoms with Gasteiger partial charge in [-0.3, -0.25) is 0 Å². The summed E-state index contributed by atoms with van der Waals surface area (Å²) in [5, 5.41) is 0.825. The van der Waals surface area contributed by atoms with Gasteiger partial charge in [-0.05, 0) is 24.3 Å². The van der Waals surface area contributed by atoms with Crippen LogP contribution in [0.4, 0.5) is 4.39 Å².